The molecule has 0 amide bonds. The van der Waals surface area contributed by atoms with Crippen LogP contribution in [0.25, 0.3) is 46.3 Å². The summed E-state index contributed by atoms with van der Waals surface area (Å²) in [7, 11) is 0. The van der Waals surface area contributed by atoms with Crippen molar-refractivity contribution in [2.45, 2.75) is 0 Å². The van der Waals surface area contributed by atoms with Gasteiger partial charge in [0.2, 0.25) is 11.9 Å². The Labute approximate surface area is 156 Å². The third kappa shape index (κ3) is 2.00. The van der Waals surface area contributed by atoms with Gasteiger partial charge in [-0.05, 0) is 12.1 Å². The van der Waals surface area contributed by atoms with Crippen molar-refractivity contribution in [3.05, 3.63) is 67.3 Å². The summed E-state index contributed by atoms with van der Waals surface area (Å²) in [6, 6.07) is 17.0. The molecule has 0 bridgehead atoms. The molecule has 0 aliphatic carbocycles. The van der Waals surface area contributed by atoms with Gasteiger partial charge in [0.1, 0.15) is 11.2 Å². The molecule has 6 rings (SSSR count). The van der Waals surface area contributed by atoms with E-state index in [-0.39, 0.29) is 0 Å². The molecule has 122 valence electrons. The average Bonchev–Trinajstić information content (AvgIpc) is 3.24. The summed E-state index contributed by atoms with van der Waals surface area (Å²) in [6.07, 6.45) is 5.52. The Balaban J connectivity index is 1.57. The van der Waals surface area contributed by atoms with Crippen molar-refractivity contribution in [3.63, 3.8) is 0 Å². The lowest BCUT2D eigenvalue weighted by molar-refractivity contribution is -0.656. The molecule has 4 heterocycles. The molecule has 0 fully saturated rings. The number of aromatic nitrogens is 4. The lowest BCUT2D eigenvalue weighted by Crippen LogP contribution is -2.34. The lowest BCUT2D eigenvalue weighted by atomic mass is 10.2. The highest BCUT2D eigenvalue weighted by Gasteiger charge is 2.15. The first kappa shape index (κ1) is 14.2. The van der Waals surface area contributed by atoms with Gasteiger partial charge in [-0.15, -0.1) is 22.7 Å². The van der Waals surface area contributed by atoms with E-state index in [1.54, 1.807) is 29.0 Å². The van der Waals surface area contributed by atoms with Crippen LogP contribution in [0.4, 0.5) is 0 Å². The maximum atomic E-state index is 4.86. The average molecular weight is 371 g/mol. The summed E-state index contributed by atoms with van der Waals surface area (Å²) in [5.74, 6) is 0. The Kier molecular flexibility index (Phi) is 2.88. The molecule has 0 saturated heterocycles. The first-order chi connectivity index (χ1) is 12.9. The molecule has 0 radical (unpaired) electrons. The fraction of sp³-hybridized carbons (Fsp3) is 0. The van der Waals surface area contributed by atoms with Crippen LogP contribution in [0.1, 0.15) is 0 Å². The zero-order valence-electron chi connectivity index (χ0n) is 13.5. The second kappa shape index (κ2) is 5.27. The van der Waals surface area contributed by atoms with Gasteiger partial charge in [-0.2, -0.15) is 0 Å². The quantitative estimate of drug-likeness (QED) is 0.387. The monoisotopic (exact) mass is 371 g/mol. The topological polar surface area (TPSA) is 42.5 Å². The minimum atomic E-state index is 1.02. The van der Waals surface area contributed by atoms with Gasteiger partial charge in [-0.3, -0.25) is 0 Å². The molecule has 6 aromatic rings. The number of hydrogen-bond acceptors (Lipinski definition) is 5. The summed E-state index contributed by atoms with van der Waals surface area (Å²) in [5.41, 5.74) is 1.05. The van der Waals surface area contributed by atoms with Crippen molar-refractivity contribution in [2.24, 2.45) is 0 Å². The molecule has 6 heteroatoms. The normalized spacial score (nSPS) is 11.8. The molecule has 4 aromatic heterocycles. The molecule has 2 aromatic carbocycles. The van der Waals surface area contributed by atoms with E-state index in [1.165, 1.54) is 25.6 Å². The van der Waals surface area contributed by atoms with Gasteiger partial charge >= 0.3 is 0 Å². The Morgan fingerprint density at radius 3 is 2.65 bits per heavy atom. The number of fused-ring (bicyclic) bond motifs is 6. The van der Waals surface area contributed by atoms with Crippen molar-refractivity contribution in [2.75, 3.05) is 0 Å². The number of hydrogen-bond donors (Lipinski definition) is 0. The van der Waals surface area contributed by atoms with E-state index in [1.807, 2.05) is 17.1 Å². The SMILES string of the molecule is c1ccc2c(c1)sc1n[n+](-c3ccc4c(c3)sc3ncncc34)ccc12. The summed E-state index contributed by atoms with van der Waals surface area (Å²) in [4.78, 5) is 10.6. The van der Waals surface area contributed by atoms with Crippen molar-refractivity contribution < 1.29 is 4.68 Å². The third-order valence-electron chi connectivity index (χ3n) is 4.60. The third-order valence-corrected chi connectivity index (χ3v) is 6.74. The number of rotatable bonds is 1. The van der Waals surface area contributed by atoms with E-state index in [0.717, 1.165) is 20.7 Å². The van der Waals surface area contributed by atoms with Crippen LogP contribution in [0, 0.1) is 0 Å². The van der Waals surface area contributed by atoms with E-state index >= 15 is 0 Å². The van der Waals surface area contributed by atoms with Gasteiger partial charge in [-0.1, -0.05) is 22.9 Å². The van der Waals surface area contributed by atoms with E-state index in [2.05, 4.69) is 58.5 Å². The first-order valence-electron chi connectivity index (χ1n) is 8.20. The zero-order valence-corrected chi connectivity index (χ0v) is 15.1. The number of nitrogens with zero attached hydrogens (tertiary/aromatic N) is 4. The van der Waals surface area contributed by atoms with Gasteiger partial charge < -0.3 is 0 Å². The van der Waals surface area contributed by atoms with Crippen LogP contribution in [-0.2, 0) is 0 Å². The minimum absolute atomic E-state index is 1.02. The Morgan fingerprint density at radius 1 is 0.769 bits per heavy atom. The first-order valence-corrected chi connectivity index (χ1v) is 9.83. The van der Waals surface area contributed by atoms with Crippen molar-refractivity contribution in [1.29, 1.82) is 0 Å². The number of thiophene rings is 2. The van der Waals surface area contributed by atoms with Gasteiger partial charge in [0, 0.05) is 60.4 Å². The maximum Gasteiger partial charge on any atom is 0.239 e. The van der Waals surface area contributed by atoms with Crippen LogP contribution in [0.3, 0.4) is 0 Å². The summed E-state index contributed by atoms with van der Waals surface area (Å²) in [6.45, 7) is 0. The fourth-order valence-corrected chi connectivity index (χ4v) is 5.47. The van der Waals surface area contributed by atoms with E-state index in [4.69, 9.17) is 5.10 Å². The zero-order chi connectivity index (χ0) is 17.1. The second-order valence-corrected chi connectivity index (χ2v) is 8.16. The van der Waals surface area contributed by atoms with Gasteiger partial charge in [0.25, 0.3) is 0 Å². The summed E-state index contributed by atoms with van der Waals surface area (Å²) >= 11 is 3.42. The second-order valence-electron chi connectivity index (χ2n) is 6.10. The van der Waals surface area contributed by atoms with Crippen LogP contribution >= 0.6 is 22.7 Å². The van der Waals surface area contributed by atoms with Crippen LogP contribution in [0.15, 0.2) is 67.3 Å². The van der Waals surface area contributed by atoms with Gasteiger partial charge in [0.15, 0.2) is 4.83 Å². The highest BCUT2D eigenvalue weighted by molar-refractivity contribution is 7.25. The fourth-order valence-electron chi connectivity index (χ4n) is 3.36. The summed E-state index contributed by atoms with van der Waals surface area (Å²) in [5, 5.41) is 9.63. The van der Waals surface area contributed by atoms with Crippen LogP contribution in [0.5, 0.6) is 0 Å². The highest BCUT2D eigenvalue weighted by atomic mass is 32.1. The molecule has 0 unspecified atom stereocenters. The molecular weight excluding hydrogens is 360 g/mol. The molecule has 4 nitrogen and oxygen atoms in total. The predicted molar refractivity (Wildman–Crippen MR) is 107 cm³/mol. The van der Waals surface area contributed by atoms with Crippen LogP contribution in [0.2, 0.25) is 0 Å². The molecule has 0 N–H and O–H groups in total. The van der Waals surface area contributed by atoms with Gasteiger partial charge in [0.05, 0.1) is 0 Å². The molecule has 0 atom stereocenters. The van der Waals surface area contributed by atoms with E-state index in [9.17, 15) is 0 Å². The molecule has 0 spiro atoms. The minimum Gasteiger partial charge on any atom is -0.244 e. The van der Waals surface area contributed by atoms with Crippen LogP contribution in [-0.4, -0.2) is 15.1 Å². The number of benzene rings is 2. The standard InChI is InChI=1S/C20H11N4S2/c1-2-4-17-13(3-1)15-7-8-24(23-20(15)25-17)12-5-6-14-16-10-21-11-22-19(16)26-18(14)9-12/h1-11H/q+1. The van der Waals surface area contributed by atoms with E-state index < -0.39 is 0 Å². The molecule has 0 saturated carbocycles. The van der Waals surface area contributed by atoms with Crippen molar-refractivity contribution >= 4 is 63.3 Å². The molecule has 0 aliphatic heterocycles. The highest BCUT2D eigenvalue weighted by Crippen LogP contribution is 2.33. The maximum absolute atomic E-state index is 4.86. The molecular formula is C20H11N4S2+. The van der Waals surface area contributed by atoms with Crippen LogP contribution < -0.4 is 4.68 Å². The Bertz CT molecular complexity index is 1340. The van der Waals surface area contributed by atoms with Crippen molar-refractivity contribution in [1.82, 2.24) is 15.1 Å². The molecule has 0 aliphatic rings. The van der Waals surface area contributed by atoms with Gasteiger partial charge in [-0.25, -0.2) is 9.97 Å². The summed E-state index contributed by atoms with van der Waals surface area (Å²) < 4.78 is 4.42. The Hall–Kier alpha value is -2.96. The Morgan fingerprint density at radius 2 is 1.65 bits per heavy atom. The van der Waals surface area contributed by atoms with E-state index in [0.29, 0.717) is 0 Å². The smallest absolute Gasteiger partial charge is 0.239 e. The lowest BCUT2D eigenvalue weighted by Gasteiger charge is -1.95. The predicted octanol–water partition coefficient (Wildman–Crippen LogP) is 4.88. The molecule has 26 heavy (non-hydrogen) atoms. The van der Waals surface area contributed by atoms with Crippen molar-refractivity contribution in [3.8, 4) is 5.69 Å². The largest absolute Gasteiger partial charge is 0.244 e.